The van der Waals surface area contributed by atoms with Gasteiger partial charge < -0.3 is 4.98 Å². The van der Waals surface area contributed by atoms with Crippen molar-refractivity contribution in [1.82, 2.24) is 4.98 Å². The summed E-state index contributed by atoms with van der Waals surface area (Å²) >= 11 is 0. The summed E-state index contributed by atoms with van der Waals surface area (Å²) in [7, 11) is 0.771. The van der Waals surface area contributed by atoms with Crippen LogP contribution in [0, 0.1) is 5.92 Å². The van der Waals surface area contributed by atoms with Crippen molar-refractivity contribution in [3.8, 4) is 0 Å². The van der Waals surface area contributed by atoms with E-state index in [0.29, 0.717) is 0 Å². The first-order valence-corrected chi connectivity index (χ1v) is 3.40. The molecule has 0 spiro atoms. The summed E-state index contributed by atoms with van der Waals surface area (Å²) < 4.78 is 0. The molecule has 0 saturated carbocycles. The molecule has 42 valence electrons. The van der Waals surface area contributed by atoms with Crippen molar-refractivity contribution in [2.45, 2.75) is 13.8 Å². The first-order chi connectivity index (χ1) is 3.18. The van der Waals surface area contributed by atoms with E-state index in [1.807, 2.05) is 13.8 Å². The van der Waals surface area contributed by atoms with Crippen LogP contribution in [0.15, 0.2) is 0 Å². The predicted octanol–water partition coefficient (Wildman–Crippen LogP) is -0.961. The molecule has 0 heterocycles. The summed E-state index contributed by atoms with van der Waals surface area (Å²) in [4.78, 5) is 13.1. The van der Waals surface area contributed by atoms with Crippen LogP contribution in [0.4, 0.5) is 0 Å². The van der Waals surface area contributed by atoms with Gasteiger partial charge in [0.05, 0.1) is 0 Å². The molecule has 0 aliphatic carbocycles. The second kappa shape index (κ2) is 2.79. The van der Waals surface area contributed by atoms with E-state index in [2.05, 4.69) is 4.98 Å². The second-order valence-corrected chi connectivity index (χ2v) is 2.27. The van der Waals surface area contributed by atoms with Crippen LogP contribution in [-0.2, 0) is 4.79 Å². The first-order valence-electron chi connectivity index (χ1n) is 2.40. The zero-order valence-electron chi connectivity index (χ0n) is 4.99. The normalized spacial score (nSPS) is 9.57. The van der Waals surface area contributed by atoms with Crippen LogP contribution in [0.1, 0.15) is 13.8 Å². The van der Waals surface area contributed by atoms with E-state index in [1.54, 1.807) is 0 Å². The lowest BCUT2D eigenvalue weighted by Crippen LogP contribution is -2.24. The zero-order chi connectivity index (χ0) is 5.86. The topological polar surface area (TPSA) is 29.1 Å². The van der Waals surface area contributed by atoms with Crippen LogP contribution in [0.25, 0.3) is 0 Å². The summed E-state index contributed by atoms with van der Waals surface area (Å²) in [6, 6.07) is 0. The van der Waals surface area contributed by atoms with Gasteiger partial charge in [-0.05, 0) is 0 Å². The molecule has 0 saturated heterocycles. The largest absolute Gasteiger partial charge is 0.390 e. The van der Waals surface area contributed by atoms with E-state index in [9.17, 15) is 4.79 Å². The van der Waals surface area contributed by atoms with Crippen molar-refractivity contribution in [1.29, 1.82) is 0 Å². The molecule has 0 radical (unpaired) electrons. The Morgan fingerprint density at radius 1 is 1.71 bits per heavy atom. The molecular formula is C4H11NOSi. The van der Waals surface area contributed by atoms with Gasteiger partial charge in [0.15, 0.2) is 0 Å². The summed E-state index contributed by atoms with van der Waals surface area (Å²) in [6.45, 7) is 3.76. The van der Waals surface area contributed by atoms with E-state index in [4.69, 9.17) is 0 Å². The number of rotatable bonds is 1. The number of amides is 1. The molecule has 2 nitrogen and oxygen atoms in total. The standard InChI is InChI=1S/C4H11NOSi/c1-3(2)4(6)5-7/h3H,1-2,7H3,(H,5,6). The molecule has 3 heteroatoms. The van der Waals surface area contributed by atoms with E-state index in [1.165, 1.54) is 0 Å². The summed E-state index contributed by atoms with van der Waals surface area (Å²) in [5.74, 6) is 0.309. The molecule has 0 unspecified atom stereocenters. The van der Waals surface area contributed by atoms with Gasteiger partial charge in [-0.25, -0.2) is 0 Å². The lowest BCUT2D eigenvalue weighted by Gasteiger charge is -1.99. The van der Waals surface area contributed by atoms with Crippen molar-refractivity contribution in [3.05, 3.63) is 0 Å². The Hall–Kier alpha value is -0.313. The molecule has 1 N–H and O–H groups in total. The van der Waals surface area contributed by atoms with Crippen LogP contribution in [0.3, 0.4) is 0 Å². The van der Waals surface area contributed by atoms with Crippen LogP contribution >= 0.6 is 0 Å². The molecule has 0 aromatic carbocycles. The number of hydrogen-bond acceptors (Lipinski definition) is 1. The highest BCUT2D eigenvalue weighted by atomic mass is 28.2. The molecule has 0 bridgehead atoms. The molecular weight excluding hydrogens is 106 g/mol. The summed E-state index contributed by atoms with van der Waals surface area (Å²) in [5, 5.41) is 0. The third-order valence-electron chi connectivity index (χ3n) is 0.771. The highest BCUT2D eigenvalue weighted by Crippen LogP contribution is 1.87. The minimum atomic E-state index is 0.150. The SMILES string of the molecule is CC(C)C(=O)N[SiH3]. The maximum absolute atomic E-state index is 10.4. The van der Waals surface area contributed by atoms with Gasteiger partial charge in [0.2, 0.25) is 5.91 Å². The number of nitrogens with one attached hydrogen (secondary N) is 1. The fourth-order valence-corrected chi connectivity index (χ4v) is 0.866. The highest BCUT2D eigenvalue weighted by Gasteiger charge is 1.99. The zero-order valence-corrected chi connectivity index (χ0v) is 6.99. The third kappa shape index (κ3) is 2.39. The van der Waals surface area contributed by atoms with Gasteiger partial charge in [-0.2, -0.15) is 0 Å². The van der Waals surface area contributed by atoms with E-state index < -0.39 is 0 Å². The minimum absolute atomic E-state index is 0.150. The second-order valence-electron chi connectivity index (χ2n) is 1.77. The maximum atomic E-state index is 10.4. The van der Waals surface area contributed by atoms with Crippen LogP contribution in [0.2, 0.25) is 0 Å². The van der Waals surface area contributed by atoms with Gasteiger partial charge in [-0.3, -0.25) is 4.79 Å². The Morgan fingerprint density at radius 2 is 2.14 bits per heavy atom. The van der Waals surface area contributed by atoms with Crippen LogP contribution < -0.4 is 4.98 Å². The molecule has 0 aromatic rings. The molecule has 0 atom stereocenters. The monoisotopic (exact) mass is 117 g/mol. The van der Waals surface area contributed by atoms with Gasteiger partial charge in [-0.1, -0.05) is 13.8 Å². The molecule has 0 aliphatic rings. The Morgan fingerprint density at radius 3 is 2.14 bits per heavy atom. The molecule has 7 heavy (non-hydrogen) atoms. The Kier molecular flexibility index (Phi) is 2.67. The molecule has 1 amide bonds. The van der Waals surface area contributed by atoms with Gasteiger partial charge in [0.25, 0.3) is 0 Å². The molecule has 0 fully saturated rings. The van der Waals surface area contributed by atoms with Crippen LogP contribution in [-0.4, -0.2) is 16.3 Å². The lowest BCUT2D eigenvalue weighted by molar-refractivity contribution is -0.122. The Labute approximate surface area is 46.8 Å². The molecule has 0 rings (SSSR count). The van der Waals surface area contributed by atoms with Crippen molar-refractivity contribution < 1.29 is 4.79 Å². The van der Waals surface area contributed by atoms with Gasteiger partial charge in [0, 0.05) is 5.92 Å². The highest BCUT2D eigenvalue weighted by molar-refractivity contribution is 6.14. The minimum Gasteiger partial charge on any atom is -0.390 e. The van der Waals surface area contributed by atoms with E-state index >= 15 is 0 Å². The Balaban J connectivity index is 3.35. The van der Waals surface area contributed by atoms with Gasteiger partial charge in [-0.15, -0.1) is 0 Å². The van der Waals surface area contributed by atoms with E-state index in [0.717, 1.165) is 10.4 Å². The van der Waals surface area contributed by atoms with Crippen molar-refractivity contribution in [3.63, 3.8) is 0 Å². The van der Waals surface area contributed by atoms with Crippen molar-refractivity contribution in [2.75, 3.05) is 0 Å². The molecule has 0 aromatic heterocycles. The summed E-state index contributed by atoms with van der Waals surface area (Å²) in [5.41, 5.74) is 0. The fourth-order valence-electron chi connectivity index (χ4n) is 0.289. The quantitative estimate of drug-likeness (QED) is 0.440. The smallest absolute Gasteiger partial charge is 0.214 e. The van der Waals surface area contributed by atoms with Crippen molar-refractivity contribution in [2.24, 2.45) is 5.92 Å². The average molecular weight is 117 g/mol. The van der Waals surface area contributed by atoms with Crippen molar-refractivity contribution >= 4 is 16.3 Å². The van der Waals surface area contributed by atoms with E-state index in [-0.39, 0.29) is 11.8 Å². The maximum Gasteiger partial charge on any atom is 0.214 e. The van der Waals surface area contributed by atoms with Crippen LogP contribution in [0.5, 0.6) is 0 Å². The summed E-state index contributed by atoms with van der Waals surface area (Å²) in [6.07, 6.45) is 0. The number of carbonyl (C=O) groups excluding carboxylic acids is 1. The lowest BCUT2D eigenvalue weighted by atomic mass is 10.2. The predicted molar refractivity (Wildman–Crippen MR) is 32.9 cm³/mol. The number of carbonyl (C=O) groups is 1. The fraction of sp³-hybridized carbons (Fsp3) is 0.750. The van der Waals surface area contributed by atoms with Gasteiger partial charge >= 0.3 is 0 Å². The van der Waals surface area contributed by atoms with Gasteiger partial charge in [0.1, 0.15) is 10.4 Å². The average Bonchev–Trinajstić information content (AvgIpc) is 1.65. The number of hydrogen-bond donors (Lipinski definition) is 1. The third-order valence-corrected chi connectivity index (χ3v) is 1.26. The molecule has 0 aliphatic heterocycles. The Bertz CT molecular complexity index is 72.1. The first kappa shape index (κ1) is 6.69.